The zero-order valence-electron chi connectivity index (χ0n) is 18.5. The summed E-state index contributed by atoms with van der Waals surface area (Å²) in [6.07, 6.45) is -0.646. The van der Waals surface area contributed by atoms with Crippen LogP contribution in [0.1, 0.15) is 20.8 Å². The molecular formula is C21H31Cl2N6O3+. The minimum atomic E-state index is -0.646. The molecule has 0 spiro atoms. The number of hydrogen-bond donors (Lipinski definition) is 3. The minimum Gasteiger partial charge on any atom is -0.395 e. The van der Waals surface area contributed by atoms with Crippen LogP contribution < -0.4 is 10.6 Å². The molecule has 11 heteroatoms. The number of aromatic nitrogens is 3. The summed E-state index contributed by atoms with van der Waals surface area (Å²) in [6, 6.07) is 5.09. The zero-order valence-corrected chi connectivity index (χ0v) is 20.1. The lowest BCUT2D eigenvalue weighted by Gasteiger charge is -2.41. The monoisotopic (exact) mass is 485 g/mol. The maximum atomic E-state index is 10.3. The predicted molar refractivity (Wildman–Crippen MR) is 122 cm³/mol. The molecule has 4 N–H and O–H groups in total. The molecular weight excluding hydrogens is 455 g/mol. The predicted octanol–water partition coefficient (Wildman–Crippen LogP) is 1.13. The molecule has 0 bridgehead atoms. The number of aliphatic hydroxyl groups is 2. The highest BCUT2D eigenvalue weighted by molar-refractivity contribution is 6.34. The Kier molecular flexibility index (Phi) is 8.13. The van der Waals surface area contributed by atoms with Gasteiger partial charge in [0.1, 0.15) is 10.7 Å². The van der Waals surface area contributed by atoms with Crippen molar-refractivity contribution in [2.45, 2.75) is 38.5 Å². The van der Waals surface area contributed by atoms with Crippen molar-refractivity contribution < 1.29 is 26.6 Å². The van der Waals surface area contributed by atoms with E-state index in [-0.39, 0.29) is 30.7 Å². The second-order valence-electron chi connectivity index (χ2n) is 8.82. The van der Waals surface area contributed by atoms with Gasteiger partial charge in [0, 0.05) is 37.8 Å². The Bertz CT molecular complexity index is 927. The van der Waals surface area contributed by atoms with Gasteiger partial charge in [-0.25, -0.2) is 0 Å². The molecule has 2 heterocycles. The Labute approximate surface area is 198 Å². The van der Waals surface area contributed by atoms with Crippen LogP contribution in [0.4, 0.5) is 11.8 Å². The van der Waals surface area contributed by atoms with E-state index in [1.54, 1.807) is 18.2 Å². The summed E-state index contributed by atoms with van der Waals surface area (Å²) in [7, 11) is 0. The van der Waals surface area contributed by atoms with Crippen molar-refractivity contribution in [3.63, 3.8) is 0 Å². The van der Waals surface area contributed by atoms with Crippen molar-refractivity contribution in [1.29, 1.82) is 0 Å². The van der Waals surface area contributed by atoms with E-state index in [4.69, 9.17) is 33.7 Å². The number of aliphatic hydroxyl groups excluding tert-OH is 2. The summed E-state index contributed by atoms with van der Waals surface area (Å²) in [5.41, 5.74) is 6.82. The Hall–Kier alpha value is -1.75. The Morgan fingerprint density at radius 3 is 2.72 bits per heavy atom. The number of benzene rings is 1. The van der Waals surface area contributed by atoms with Crippen molar-refractivity contribution in [3.05, 3.63) is 28.2 Å². The van der Waals surface area contributed by atoms with E-state index in [9.17, 15) is 10.2 Å². The van der Waals surface area contributed by atoms with Crippen molar-refractivity contribution >= 4 is 23.4 Å². The van der Waals surface area contributed by atoms with Gasteiger partial charge in [-0.3, -0.25) is 4.90 Å². The van der Waals surface area contributed by atoms with E-state index in [1.165, 1.54) is 0 Å². The fourth-order valence-electron chi connectivity index (χ4n) is 3.51. The quantitative estimate of drug-likeness (QED) is 0.529. The lowest BCUT2D eigenvalue weighted by Crippen LogP contribution is -2.57. The molecule has 2 atom stereocenters. The van der Waals surface area contributed by atoms with E-state index >= 15 is 0 Å². The van der Waals surface area contributed by atoms with Crippen LogP contribution in [0, 0.1) is 11.6 Å². The van der Waals surface area contributed by atoms with Crippen molar-refractivity contribution in [3.8, 4) is 11.3 Å². The first-order valence-corrected chi connectivity index (χ1v) is 11.3. The topological polar surface area (TPSA) is 121 Å². The smallest absolute Gasteiger partial charge is 0.247 e. The van der Waals surface area contributed by atoms with Crippen LogP contribution in [0.25, 0.3) is 11.3 Å². The molecule has 176 valence electrons. The summed E-state index contributed by atoms with van der Waals surface area (Å²) in [4.78, 5) is 8.40. The number of nitrogens with two attached hydrogens (primary N) is 1. The number of rotatable bonds is 7. The molecule has 1 aliphatic rings. The second-order valence-corrected chi connectivity index (χ2v) is 9.64. The van der Waals surface area contributed by atoms with Crippen LogP contribution in [0.3, 0.4) is 0 Å². The van der Waals surface area contributed by atoms with Crippen LogP contribution >= 0.6 is 11.6 Å². The number of nitrogen functional groups attached to an aromatic ring is 1. The molecule has 0 saturated carbocycles. The standard InChI is InChI=1S/C21H31Cl2N6O3/c1-21(2,3)32-12-14(31)10-28-7-8-29(9-13(28)11-30)20-25-19(24)18(26-27-20)15-5-4-6-16(22)17(15)23/h4-6,13-14,22,30-31H,7-12H2,1-3H3,(H2,24,25,27)/q+1/t13-,14?/m0/s1. The second kappa shape index (κ2) is 10.5. The number of β-amino-alcohol motifs (C(OH)–C–C–N with tert-alkyl or cyclic N) is 1. The first kappa shape index (κ1) is 24.9. The van der Waals surface area contributed by atoms with Crippen LogP contribution in [-0.2, 0) is 4.74 Å². The highest BCUT2D eigenvalue weighted by Gasteiger charge is 2.30. The minimum absolute atomic E-state index is 0.0639. The van der Waals surface area contributed by atoms with Gasteiger partial charge < -0.3 is 25.6 Å². The molecule has 1 fully saturated rings. The molecule has 9 nitrogen and oxygen atoms in total. The average molecular weight is 486 g/mol. The molecule has 1 unspecified atom stereocenters. The maximum absolute atomic E-state index is 10.3. The van der Waals surface area contributed by atoms with Crippen molar-refractivity contribution in [2.75, 3.05) is 50.0 Å². The average Bonchev–Trinajstić information content (AvgIpc) is 2.74. The van der Waals surface area contributed by atoms with Gasteiger partial charge in [0.15, 0.2) is 17.4 Å². The largest absolute Gasteiger partial charge is 0.395 e. The summed E-state index contributed by atoms with van der Waals surface area (Å²) < 4.78 is 5.66. The Balaban J connectivity index is 1.67. The number of halogens is 2. The first-order valence-electron chi connectivity index (χ1n) is 10.5. The van der Waals surface area contributed by atoms with Crippen LogP contribution in [0.15, 0.2) is 18.2 Å². The maximum Gasteiger partial charge on any atom is 0.247 e. The highest BCUT2D eigenvalue weighted by Crippen LogP contribution is 2.32. The number of ether oxygens (including phenoxy) is 1. The number of piperazine rings is 1. The Morgan fingerprint density at radius 1 is 1.31 bits per heavy atom. The molecule has 1 aromatic carbocycles. The molecule has 1 saturated heterocycles. The highest BCUT2D eigenvalue weighted by atomic mass is 35.5. The zero-order chi connectivity index (χ0) is 23.5. The molecule has 1 aliphatic heterocycles. The molecule has 1 aromatic heterocycles. The number of anilines is 2. The first-order chi connectivity index (χ1) is 15.1. The lowest BCUT2D eigenvalue weighted by atomic mass is 10.1. The SMILES string of the molecule is CC(C)(C)OCC(O)CN1CCN(c2nnc(-c3cccc([ClH+])c3Cl)c(N)n2)C[C@H]1CO. The van der Waals surface area contributed by atoms with Gasteiger partial charge >= 0.3 is 0 Å². The summed E-state index contributed by atoms with van der Waals surface area (Å²) in [6.45, 7) is 8.12. The van der Waals surface area contributed by atoms with Crippen LogP contribution in [0.2, 0.25) is 10.0 Å². The van der Waals surface area contributed by atoms with Gasteiger partial charge in [0.2, 0.25) is 11.0 Å². The van der Waals surface area contributed by atoms with Gasteiger partial charge in [0.05, 0.1) is 31.0 Å². The number of nitrogens with zero attached hydrogens (tertiary/aromatic N) is 5. The van der Waals surface area contributed by atoms with Crippen molar-refractivity contribution in [2.24, 2.45) is 0 Å². The normalized spacial score (nSPS) is 18.7. The van der Waals surface area contributed by atoms with Gasteiger partial charge in [-0.1, -0.05) is 23.7 Å². The molecule has 3 rings (SSSR count). The van der Waals surface area contributed by atoms with Gasteiger partial charge in [-0.05, 0) is 20.8 Å². The van der Waals surface area contributed by atoms with Gasteiger partial charge in [-0.15, -0.1) is 10.2 Å². The third-order valence-electron chi connectivity index (χ3n) is 5.17. The van der Waals surface area contributed by atoms with Gasteiger partial charge in [-0.2, -0.15) is 4.98 Å². The molecule has 2 aromatic rings. The summed E-state index contributed by atoms with van der Waals surface area (Å²) in [5.74, 6) is 0.585. The summed E-state index contributed by atoms with van der Waals surface area (Å²) >= 11 is 11.5. The lowest BCUT2D eigenvalue weighted by molar-refractivity contribution is -0.288. The van der Waals surface area contributed by atoms with Crippen LogP contribution in [-0.4, -0.2) is 87.4 Å². The molecule has 0 amide bonds. The van der Waals surface area contributed by atoms with E-state index in [0.29, 0.717) is 53.4 Å². The van der Waals surface area contributed by atoms with Gasteiger partial charge in [0.25, 0.3) is 0 Å². The fourth-order valence-corrected chi connectivity index (χ4v) is 3.91. The summed E-state index contributed by atoms with van der Waals surface area (Å²) in [5, 5.41) is 29.7. The number of hydrogen-bond acceptors (Lipinski definition) is 9. The van der Waals surface area contributed by atoms with E-state index < -0.39 is 6.10 Å². The van der Waals surface area contributed by atoms with Crippen molar-refractivity contribution in [1.82, 2.24) is 20.1 Å². The molecule has 32 heavy (non-hydrogen) atoms. The fraction of sp³-hybridized carbons (Fsp3) is 0.571. The molecule has 0 radical (unpaired) electrons. The third-order valence-corrected chi connectivity index (χ3v) is 6.03. The van der Waals surface area contributed by atoms with E-state index in [0.717, 1.165) is 0 Å². The van der Waals surface area contributed by atoms with Crippen LogP contribution in [0.5, 0.6) is 0 Å². The third kappa shape index (κ3) is 6.18. The molecule has 0 aliphatic carbocycles. The van der Waals surface area contributed by atoms with E-state index in [1.807, 2.05) is 30.6 Å². The van der Waals surface area contributed by atoms with E-state index in [2.05, 4.69) is 15.2 Å². The Morgan fingerprint density at radius 2 is 2.06 bits per heavy atom.